The highest BCUT2D eigenvalue weighted by Crippen LogP contribution is 2.38. The number of piperidine rings is 1. The van der Waals surface area contributed by atoms with Crippen LogP contribution in [0.4, 0.5) is 0 Å². The molecule has 7 heteroatoms. The number of aromatic nitrogens is 4. The molecule has 0 spiro atoms. The number of hydrogen-bond donors (Lipinski definition) is 0. The Morgan fingerprint density at radius 1 is 0.667 bits per heavy atom. The van der Waals surface area contributed by atoms with E-state index in [0.717, 1.165) is 22.3 Å². The monoisotopic (exact) mass is 519 g/mol. The molecule has 0 aliphatic carbocycles. The summed E-state index contributed by atoms with van der Waals surface area (Å²) in [5.41, 5.74) is 4.20. The number of Topliss-reactive ketones (excluding diaryl/α,β-unsaturated/α-hetero) is 1. The summed E-state index contributed by atoms with van der Waals surface area (Å²) in [4.78, 5) is 41.9. The van der Waals surface area contributed by atoms with Crippen molar-refractivity contribution in [1.29, 1.82) is 0 Å². The Hall–Kier alpha value is -4.62. The summed E-state index contributed by atoms with van der Waals surface area (Å²) < 4.78 is 0. The number of carbonyl (C=O) groups excluding carboxylic acids is 2. The first-order chi connectivity index (χ1) is 18.6. The van der Waals surface area contributed by atoms with Crippen LogP contribution in [0.1, 0.15) is 54.6 Å². The number of rotatable bonds is 6. The number of likely N-dealkylation sites (tertiary alicyclic amines) is 1. The number of nitrogens with zero attached hydrogens (tertiary/aromatic N) is 5. The van der Waals surface area contributed by atoms with Gasteiger partial charge in [-0.25, -0.2) is 0 Å². The lowest BCUT2D eigenvalue weighted by molar-refractivity contribution is -0.125. The second-order valence-electron chi connectivity index (χ2n) is 8.84. The molecule has 0 amide bonds. The molecule has 5 heterocycles. The minimum absolute atomic E-state index is 0. The Labute approximate surface area is 230 Å². The third kappa shape index (κ3) is 8.72. The highest BCUT2D eigenvalue weighted by Gasteiger charge is 2.33. The minimum atomic E-state index is -0.0522. The van der Waals surface area contributed by atoms with Gasteiger partial charge in [0.2, 0.25) is 0 Å². The van der Waals surface area contributed by atoms with Crippen LogP contribution in [0, 0.1) is 0 Å². The first-order valence-corrected chi connectivity index (χ1v) is 12.3. The van der Waals surface area contributed by atoms with Crippen LogP contribution < -0.4 is 0 Å². The SMILES string of the molecule is C.CN1C(c2ccncc2)CC(=O)CC1c1ccncc1.O=C(/C=C/c1ccncc1)/C=C/c1ccncc1. The van der Waals surface area contributed by atoms with Crippen molar-refractivity contribution in [2.75, 3.05) is 7.05 Å². The topological polar surface area (TPSA) is 88.9 Å². The van der Waals surface area contributed by atoms with Crippen molar-refractivity contribution in [3.63, 3.8) is 0 Å². The van der Waals surface area contributed by atoms with E-state index in [0.29, 0.717) is 18.6 Å². The largest absolute Gasteiger partial charge is 0.300 e. The predicted octanol–water partition coefficient (Wildman–Crippen LogP) is 5.96. The Bertz CT molecular complexity index is 1260. The molecule has 39 heavy (non-hydrogen) atoms. The number of allylic oxidation sites excluding steroid dienone is 2. The van der Waals surface area contributed by atoms with E-state index in [-0.39, 0.29) is 25.3 Å². The van der Waals surface area contributed by atoms with Crippen LogP contribution in [0.2, 0.25) is 0 Å². The number of hydrogen-bond acceptors (Lipinski definition) is 7. The Balaban J connectivity index is 0.000000211. The van der Waals surface area contributed by atoms with Gasteiger partial charge in [-0.1, -0.05) is 19.6 Å². The highest BCUT2D eigenvalue weighted by atomic mass is 16.1. The van der Waals surface area contributed by atoms with E-state index in [4.69, 9.17) is 0 Å². The van der Waals surface area contributed by atoms with E-state index in [9.17, 15) is 9.59 Å². The third-order valence-electron chi connectivity index (χ3n) is 6.30. The average Bonchev–Trinajstić information content (AvgIpc) is 2.98. The maximum absolute atomic E-state index is 12.1. The second kappa shape index (κ2) is 15.0. The molecule has 1 aliphatic rings. The molecule has 7 nitrogen and oxygen atoms in total. The summed E-state index contributed by atoms with van der Waals surface area (Å²) in [5, 5.41) is 0. The Morgan fingerprint density at radius 2 is 1.00 bits per heavy atom. The van der Waals surface area contributed by atoms with Crippen molar-refractivity contribution in [3.8, 4) is 0 Å². The summed E-state index contributed by atoms with van der Waals surface area (Å²) in [6.07, 6.45) is 21.6. The molecular weight excluding hydrogens is 486 g/mol. The van der Waals surface area contributed by atoms with Gasteiger partial charge in [0.1, 0.15) is 5.78 Å². The van der Waals surface area contributed by atoms with Crippen molar-refractivity contribution in [2.45, 2.75) is 32.4 Å². The van der Waals surface area contributed by atoms with Gasteiger partial charge in [0.05, 0.1) is 0 Å². The van der Waals surface area contributed by atoms with Gasteiger partial charge in [-0.3, -0.25) is 34.4 Å². The van der Waals surface area contributed by atoms with Crippen molar-refractivity contribution in [3.05, 3.63) is 133 Å². The summed E-state index contributed by atoms with van der Waals surface area (Å²) in [5.74, 6) is 0.260. The molecule has 0 radical (unpaired) electrons. The van der Waals surface area contributed by atoms with Gasteiger partial charge in [0.25, 0.3) is 0 Å². The first kappa shape index (κ1) is 28.9. The molecular formula is C32H33N5O2. The van der Waals surface area contributed by atoms with Gasteiger partial charge in [-0.05, 0) is 90.0 Å². The highest BCUT2D eigenvalue weighted by molar-refractivity contribution is 6.04. The molecule has 5 rings (SSSR count). The fraction of sp³-hybridized carbons (Fsp3) is 0.188. The fourth-order valence-corrected chi connectivity index (χ4v) is 4.26. The van der Waals surface area contributed by atoms with Crippen LogP contribution in [-0.2, 0) is 9.59 Å². The molecule has 2 atom stereocenters. The maximum atomic E-state index is 12.1. The lowest BCUT2D eigenvalue weighted by Gasteiger charge is -2.39. The molecule has 4 aromatic heterocycles. The molecule has 1 saturated heterocycles. The van der Waals surface area contributed by atoms with E-state index < -0.39 is 0 Å². The van der Waals surface area contributed by atoms with E-state index >= 15 is 0 Å². The number of pyridine rings is 4. The van der Waals surface area contributed by atoms with Crippen molar-refractivity contribution < 1.29 is 9.59 Å². The summed E-state index contributed by atoms with van der Waals surface area (Å²) in [6.45, 7) is 0. The minimum Gasteiger partial charge on any atom is -0.300 e. The van der Waals surface area contributed by atoms with Crippen molar-refractivity contribution in [1.82, 2.24) is 24.8 Å². The van der Waals surface area contributed by atoms with Crippen molar-refractivity contribution in [2.24, 2.45) is 0 Å². The quantitative estimate of drug-likeness (QED) is 0.290. The van der Waals surface area contributed by atoms with Gasteiger partial charge in [-0.2, -0.15) is 0 Å². The molecule has 0 N–H and O–H groups in total. The molecule has 1 fully saturated rings. The fourth-order valence-electron chi connectivity index (χ4n) is 4.26. The van der Waals surface area contributed by atoms with E-state index in [1.54, 1.807) is 61.7 Å². The summed E-state index contributed by atoms with van der Waals surface area (Å²) >= 11 is 0. The van der Waals surface area contributed by atoms with Crippen LogP contribution in [0.25, 0.3) is 12.2 Å². The van der Waals surface area contributed by atoms with Crippen molar-refractivity contribution >= 4 is 23.7 Å². The van der Waals surface area contributed by atoms with Crippen LogP contribution in [-0.4, -0.2) is 43.4 Å². The molecule has 0 aromatic carbocycles. The Morgan fingerprint density at radius 3 is 1.36 bits per heavy atom. The van der Waals surface area contributed by atoms with Gasteiger partial charge in [0.15, 0.2) is 5.78 Å². The van der Waals surface area contributed by atoms with E-state index in [2.05, 4.69) is 31.9 Å². The predicted molar refractivity (Wildman–Crippen MR) is 154 cm³/mol. The number of carbonyl (C=O) groups is 2. The van der Waals surface area contributed by atoms with Crippen LogP contribution >= 0.6 is 0 Å². The van der Waals surface area contributed by atoms with Gasteiger partial charge in [-0.15, -0.1) is 0 Å². The second-order valence-corrected chi connectivity index (χ2v) is 8.84. The molecule has 0 saturated carbocycles. The van der Waals surface area contributed by atoms with E-state index in [1.165, 1.54) is 12.2 Å². The van der Waals surface area contributed by atoms with Crippen LogP contribution in [0.5, 0.6) is 0 Å². The third-order valence-corrected chi connectivity index (χ3v) is 6.30. The average molecular weight is 520 g/mol. The standard InChI is InChI=1S/C16H17N3O.C15H12N2O.CH4/c1-19-15(12-2-6-17-7-3-12)10-14(20)11-16(19)13-4-8-18-9-5-13;18-15(3-1-13-5-9-16-10-6-13)4-2-14-7-11-17-12-8-14;/h2-9,15-16H,10-11H2,1H3;1-12H;1H4/b;3-1+,4-2+;. The molecule has 198 valence electrons. The lowest BCUT2D eigenvalue weighted by Crippen LogP contribution is -2.37. The van der Waals surface area contributed by atoms with Gasteiger partial charge in [0, 0.05) is 74.5 Å². The number of ketones is 2. The normalized spacial score (nSPS) is 17.3. The molecule has 0 bridgehead atoms. The zero-order valence-electron chi connectivity index (χ0n) is 21.2. The van der Waals surface area contributed by atoms with E-state index in [1.807, 2.05) is 48.5 Å². The molecule has 4 aromatic rings. The Kier molecular flexibility index (Phi) is 11.1. The van der Waals surface area contributed by atoms with Crippen LogP contribution in [0.15, 0.2) is 110 Å². The smallest absolute Gasteiger partial charge is 0.178 e. The maximum Gasteiger partial charge on any atom is 0.178 e. The molecule has 1 aliphatic heterocycles. The lowest BCUT2D eigenvalue weighted by atomic mass is 9.88. The molecule has 2 unspecified atom stereocenters. The first-order valence-electron chi connectivity index (χ1n) is 12.3. The summed E-state index contributed by atoms with van der Waals surface area (Å²) in [7, 11) is 2.09. The van der Waals surface area contributed by atoms with Gasteiger partial charge < -0.3 is 0 Å². The summed E-state index contributed by atoms with van der Waals surface area (Å²) in [6, 6.07) is 15.6. The van der Waals surface area contributed by atoms with Crippen LogP contribution in [0.3, 0.4) is 0 Å². The zero-order chi connectivity index (χ0) is 26.6. The zero-order valence-corrected chi connectivity index (χ0v) is 21.2. The van der Waals surface area contributed by atoms with Gasteiger partial charge >= 0.3 is 0 Å².